The smallest absolute Gasteiger partial charge is 0.306 e. The number of aliphatic hydroxyl groups excluding tert-OH is 7. The normalized spacial score (nSPS) is 26.0. The number of aliphatic hydroxyl groups is 7. The van der Waals surface area contributed by atoms with E-state index in [1.165, 1.54) is 0 Å². The number of hydrogen-bond donors (Lipinski definition) is 7. The molecule has 2 saturated heterocycles. The Morgan fingerprint density at radius 2 is 0.847 bits per heavy atom. The first kappa shape index (κ1) is 64.0. The van der Waals surface area contributed by atoms with Crippen LogP contribution in [0.15, 0.2) is 122 Å². The number of esters is 2. The van der Waals surface area contributed by atoms with E-state index in [2.05, 4.69) is 123 Å². The first-order valence-corrected chi connectivity index (χ1v) is 26.1. The second kappa shape index (κ2) is 42.3. The molecule has 2 aliphatic heterocycles. The van der Waals surface area contributed by atoms with Crippen molar-refractivity contribution in [3.63, 3.8) is 0 Å². The third-order valence-corrected chi connectivity index (χ3v) is 11.4. The summed E-state index contributed by atoms with van der Waals surface area (Å²) in [6.45, 7) is 2.23. The maximum atomic E-state index is 13.0. The minimum Gasteiger partial charge on any atom is -0.462 e. The van der Waals surface area contributed by atoms with Crippen molar-refractivity contribution < 1.29 is 73.8 Å². The number of rotatable bonds is 38. The van der Waals surface area contributed by atoms with Gasteiger partial charge in [-0.1, -0.05) is 142 Å². The van der Waals surface area contributed by atoms with Gasteiger partial charge in [-0.2, -0.15) is 0 Å². The van der Waals surface area contributed by atoms with Crippen molar-refractivity contribution in [2.45, 2.75) is 197 Å². The summed E-state index contributed by atoms with van der Waals surface area (Å²) in [5.41, 5.74) is 0. The number of ether oxygens (including phenoxy) is 6. The van der Waals surface area contributed by atoms with Crippen molar-refractivity contribution in [3.8, 4) is 0 Å². The molecule has 7 N–H and O–H groups in total. The molecule has 4 unspecified atom stereocenters. The molecule has 406 valence electrons. The van der Waals surface area contributed by atoms with E-state index in [1.807, 2.05) is 12.2 Å². The van der Waals surface area contributed by atoms with Crippen LogP contribution in [0.1, 0.15) is 129 Å². The lowest BCUT2D eigenvalue weighted by Crippen LogP contribution is -2.61. The molecule has 0 aromatic rings. The van der Waals surface area contributed by atoms with E-state index in [-0.39, 0.29) is 19.4 Å². The molecule has 0 saturated carbocycles. The molecule has 15 nitrogen and oxygen atoms in total. The summed E-state index contributed by atoms with van der Waals surface area (Å²) in [5, 5.41) is 72.1. The highest BCUT2D eigenvalue weighted by molar-refractivity contribution is 5.70. The Morgan fingerprint density at radius 3 is 1.32 bits per heavy atom. The summed E-state index contributed by atoms with van der Waals surface area (Å²) in [6.07, 6.45) is 39.4. The number of hydrogen-bond acceptors (Lipinski definition) is 15. The van der Waals surface area contributed by atoms with Gasteiger partial charge in [-0.05, 0) is 96.3 Å². The molecule has 0 spiro atoms. The highest BCUT2D eigenvalue weighted by Gasteiger charge is 2.47. The molecule has 72 heavy (non-hydrogen) atoms. The van der Waals surface area contributed by atoms with Crippen LogP contribution in [0.5, 0.6) is 0 Å². The average molecular weight is 1010 g/mol. The van der Waals surface area contributed by atoms with Crippen LogP contribution >= 0.6 is 0 Å². The lowest BCUT2D eigenvalue weighted by atomic mass is 9.98. The molecule has 2 aliphatic rings. The summed E-state index contributed by atoms with van der Waals surface area (Å²) in [7, 11) is 0. The van der Waals surface area contributed by atoms with Gasteiger partial charge in [0.15, 0.2) is 18.7 Å². The van der Waals surface area contributed by atoms with Gasteiger partial charge in [-0.3, -0.25) is 9.59 Å². The van der Waals surface area contributed by atoms with E-state index >= 15 is 0 Å². The summed E-state index contributed by atoms with van der Waals surface area (Å²) in [6, 6.07) is 0. The van der Waals surface area contributed by atoms with E-state index in [1.54, 1.807) is 0 Å². The quantitative estimate of drug-likeness (QED) is 0.0178. The zero-order valence-corrected chi connectivity index (χ0v) is 42.9. The fourth-order valence-electron chi connectivity index (χ4n) is 7.22. The maximum absolute atomic E-state index is 13.0. The fourth-order valence-corrected chi connectivity index (χ4v) is 7.22. The van der Waals surface area contributed by atoms with Gasteiger partial charge < -0.3 is 64.2 Å². The van der Waals surface area contributed by atoms with Crippen molar-refractivity contribution in [1.82, 2.24) is 0 Å². The Hall–Kier alpha value is -4.10. The zero-order valence-electron chi connectivity index (χ0n) is 42.9. The van der Waals surface area contributed by atoms with E-state index in [0.29, 0.717) is 19.3 Å². The monoisotopic (exact) mass is 1010 g/mol. The van der Waals surface area contributed by atoms with Crippen LogP contribution in [0.4, 0.5) is 0 Å². The molecule has 0 aromatic heterocycles. The SMILES string of the molecule is CC/C=C/C/C=C/C/C=C/C/C=C/C/C=C/CCCCCC(=O)O[C@H](COC(=O)CCC/C=C/C/C=C/C/C=C/C/C=C/C/C=C/CC)CO[C@H]1O[C@@H](CO[C@H]2O[C@@H](CO)[C@@H](O)C(O)C2O)[C@@H](O)C(O)C1O. The van der Waals surface area contributed by atoms with Gasteiger partial charge in [0, 0.05) is 12.8 Å². The maximum Gasteiger partial charge on any atom is 0.306 e. The molecule has 2 rings (SSSR count). The first-order valence-electron chi connectivity index (χ1n) is 26.1. The van der Waals surface area contributed by atoms with Crippen LogP contribution in [0.3, 0.4) is 0 Å². The van der Waals surface area contributed by atoms with E-state index in [9.17, 15) is 45.3 Å². The summed E-state index contributed by atoms with van der Waals surface area (Å²) in [4.78, 5) is 25.8. The number of unbranched alkanes of at least 4 members (excludes halogenated alkanes) is 4. The van der Waals surface area contributed by atoms with Crippen LogP contribution in [-0.4, -0.2) is 142 Å². The Morgan fingerprint density at radius 1 is 0.444 bits per heavy atom. The molecular formula is C57H88O15. The highest BCUT2D eigenvalue weighted by atomic mass is 16.7. The lowest BCUT2D eigenvalue weighted by Gasteiger charge is -2.42. The van der Waals surface area contributed by atoms with E-state index in [4.69, 9.17) is 28.4 Å². The molecule has 15 heteroatoms. The van der Waals surface area contributed by atoms with Crippen LogP contribution in [-0.2, 0) is 38.0 Å². The Labute approximate surface area is 429 Å². The highest BCUT2D eigenvalue weighted by Crippen LogP contribution is 2.26. The van der Waals surface area contributed by atoms with Gasteiger partial charge in [0.1, 0.15) is 55.4 Å². The predicted octanol–water partition coefficient (Wildman–Crippen LogP) is 7.71. The average Bonchev–Trinajstić information content (AvgIpc) is 3.37. The summed E-state index contributed by atoms with van der Waals surface area (Å²) >= 11 is 0. The Balaban J connectivity index is 1.85. The number of carbonyl (C=O) groups excluding carboxylic acids is 2. The molecular weight excluding hydrogens is 925 g/mol. The Bertz CT molecular complexity index is 1710. The van der Waals surface area contributed by atoms with Crippen molar-refractivity contribution in [1.29, 1.82) is 0 Å². The van der Waals surface area contributed by atoms with Crippen molar-refractivity contribution >= 4 is 11.9 Å². The van der Waals surface area contributed by atoms with Gasteiger partial charge in [0.25, 0.3) is 0 Å². The predicted molar refractivity (Wildman–Crippen MR) is 279 cm³/mol. The number of allylic oxidation sites excluding steroid dienone is 20. The van der Waals surface area contributed by atoms with Crippen LogP contribution in [0.25, 0.3) is 0 Å². The molecule has 0 radical (unpaired) electrons. The lowest BCUT2D eigenvalue weighted by molar-refractivity contribution is -0.332. The molecule has 11 atom stereocenters. The van der Waals surface area contributed by atoms with Gasteiger partial charge in [0.2, 0.25) is 0 Å². The molecule has 0 aliphatic carbocycles. The third kappa shape index (κ3) is 29.6. The van der Waals surface area contributed by atoms with Gasteiger partial charge >= 0.3 is 11.9 Å². The number of carbonyl (C=O) groups is 2. The zero-order chi connectivity index (χ0) is 52.4. The van der Waals surface area contributed by atoms with E-state index in [0.717, 1.165) is 83.5 Å². The van der Waals surface area contributed by atoms with Crippen molar-refractivity contribution in [2.24, 2.45) is 0 Å². The summed E-state index contributed by atoms with van der Waals surface area (Å²) < 4.78 is 33.5. The summed E-state index contributed by atoms with van der Waals surface area (Å²) in [5.74, 6) is -1.05. The van der Waals surface area contributed by atoms with Crippen molar-refractivity contribution in [2.75, 3.05) is 26.4 Å². The largest absolute Gasteiger partial charge is 0.462 e. The Kier molecular flexibility index (Phi) is 37.6. The second-order valence-electron chi connectivity index (χ2n) is 17.6. The van der Waals surface area contributed by atoms with E-state index < -0.39 is 99.3 Å². The van der Waals surface area contributed by atoms with Crippen molar-refractivity contribution in [3.05, 3.63) is 122 Å². The van der Waals surface area contributed by atoms with Crippen LogP contribution < -0.4 is 0 Å². The fraction of sp³-hybridized carbons (Fsp3) is 0.614. The minimum atomic E-state index is -1.79. The van der Waals surface area contributed by atoms with Gasteiger partial charge in [-0.15, -0.1) is 0 Å². The second-order valence-corrected chi connectivity index (χ2v) is 17.6. The molecule has 0 bridgehead atoms. The van der Waals surface area contributed by atoms with Gasteiger partial charge in [0.05, 0.1) is 19.8 Å². The third-order valence-electron chi connectivity index (χ3n) is 11.4. The molecule has 0 amide bonds. The van der Waals surface area contributed by atoms with Crippen LogP contribution in [0.2, 0.25) is 0 Å². The molecule has 2 fully saturated rings. The van der Waals surface area contributed by atoms with Gasteiger partial charge in [-0.25, -0.2) is 0 Å². The minimum absolute atomic E-state index is 0.105. The molecule has 0 aromatic carbocycles. The topological polar surface area (TPSA) is 231 Å². The molecule has 2 heterocycles. The van der Waals surface area contributed by atoms with Crippen LogP contribution in [0, 0.1) is 0 Å². The first-order chi connectivity index (χ1) is 35.0. The standard InChI is InChI=1S/C57H88O15/c1-3-5-7-9-11-13-15-17-19-21-22-24-26-28-30-32-34-36-38-40-49(60)70-45(42-67-48(59)39-37-35-33-31-29-27-25-23-20-18-16-14-12-10-8-6-4-2)43-68-56-55(66)53(64)51(62)47(72-56)44-69-57-54(65)52(63)50(61)46(41-58)71-57/h5-8,11-14,17-20,22,24-25,27-28,30-31,33,45-47,50-58,61-66H,3-4,9-10,15-16,21,23,26,29,32,34-44H2,1-2H3/b7-5+,8-6+,13-11+,14-12+,19-17+,20-18+,24-22+,27-25+,30-28+,33-31+/t45-,46+,47+,50-,51-,52?,53?,54?,55?,56+,57+/m1/s1.